The molecule has 4 rings (SSSR count). The van der Waals surface area contributed by atoms with Crippen LogP contribution in [-0.4, -0.2) is 44.6 Å². The van der Waals surface area contributed by atoms with Crippen LogP contribution in [0.25, 0.3) is 10.9 Å². The van der Waals surface area contributed by atoms with Crippen molar-refractivity contribution in [3.63, 3.8) is 0 Å². The number of hydrogen-bond donors (Lipinski definition) is 2. The van der Waals surface area contributed by atoms with Gasteiger partial charge >= 0.3 is 0 Å². The van der Waals surface area contributed by atoms with Gasteiger partial charge in [0.05, 0.1) is 12.1 Å². The second-order valence-corrected chi connectivity index (χ2v) is 6.76. The summed E-state index contributed by atoms with van der Waals surface area (Å²) in [6, 6.07) is -0.326. The molecule has 0 amide bonds. The average molecular weight is 357 g/mol. The van der Waals surface area contributed by atoms with Crippen molar-refractivity contribution >= 4 is 40.1 Å². The van der Waals surface area contributed by atoms with Gasteiger partial charge in [0.1, 0.15) is 22.8 Å². The third kappa shape index (κ3) is 2.40. The minimum absolute atomic E-state index is 0.0787. The zero-order valence-corrected chi connectivity index (χ0v) is 13.8. The second kappa shape index (κ2) is 5.61. The molecular weight excluding hydrogens is 343 g/mol. The maximum Gasteiger partial charge on any atom is 0.228 e. The largest absolute Gasteiger partial charge is 0.471 e. The number of thioether (sulfide) groups is 1. The number of nitrogens with one attached hydrogen (secondary N) is 1. The molecule has 0 saturated heterocycles. The molecule has 2 aromatic rings. The first-order chi connectivity index (χ1) is 11.1. The Morgan fingerprint density at radius 3 is 2.96 bits per heavy atom. The highest BCUT2D eigenvalue weighted by molar-refractivity contribution is 7.98. The highest BCUT2D eigenvalue weighted by Crippen LogP contribution is 2.39. The molecule has 0 bridgehead atoms. The fraction of sp³-hybridized carbons (Fsp3) is 0.500. The van der Waals surface area contributed by atoms with E-state index < -0.39 is 11.9 Å². The number of aliphatic hydroxyl groups excluding tert-OH is 1. The van der Waals surface area contributed by atoms with E-state index in [1.54, 1.807) is 6.26 Å². The summed E-state index contributed by atoms with van der Waals surface area (Å²) in [5.74, 6) is -0.0609. The topological polar surface area (TPSA) is 80.2 Å². The Morgan fingerprint density at radius 2 is 2.17 bits per heavy atom. The van der Waals surface area contributed by atoms with E-state index in [1.165, 1.54) is 11.8 Å². The third-order valence-corrected chi connectivity index (χ3v) is 5.04. The Morgan fingerprint density at radius 1 is 1.35 bits per heavy atom. The van der Waals surface area contributed by atoms with Gasteiger partial charge in [-0.15, -0.1) is 0 Å². The van der Waals surface area contributed by atoms with E-state index in [4.69, 9.17) is 16.3 Å². The molecule has 9 heteroatoms. The lowest BCUT2D eigenvalue weighted by molar-refractivity contribution is 0.0389. The molecule has 23 heavy (non-hydrogen) atoms. The Kier molecular flexibility index (Phi) is 3.70. The summed E-state index contributed by atoms with van der Waals surface area (Å²) in [5, 5.41) is 14.0. The molecule has 1 fully saturated rings. The molecule has 1 saturated carbocycles. The van der Waals surface area contributed by atoms with Crippen molar-refractivity contribution in [3.8, 4) is 5.88 Å². The lowest BCUT2D eigenvalue weighted by atomic mass is 9.90. The van der Waals surface area contributed by atoms with Crippen LogP contribution in [0.5, 0.6) is 5.88 Å². The molecule has 6 nitrogen and oxygen atoms in total. The molecule has 2 aliphatic rings. The number of nitrogens with zero attached hydrogens (tertiary/aromatic N) is 3. The molecule has 1 aliphatic heterocycles. The number of fused-ring (bicyclic) bond motifs is 1. The Balaban J connectivity index is 1.97. The third-order valence-electron chi connectivity index (χ3n) is 4.24. The van der Waals surface area contributed by atoms with E-state index in [-0.39, 0.29) is 28.7 Å². The van der Waals surface area contributed by atoms with Gasteiger partial charge in [-0.05, 0) is 25.5 Å². The number of pyridine rings is 1. The second-order valence-electron chi connectivity index (χ2n) is 5.63. The number of halogens is 2. The first-order valence-electron chi connectivity index (χ1n) is 7.30. The summed E-state index contributed by atoms with van der Waals surface area (Å²) in [6.45, 7) is 0. The van der Waals surface area contributed by atoms with E-state index in [9.17, 15) is 9.50 Å². The molecule has 122 valence electrons. The van der Waals surface area contributed by atoms with Crippen LogP contribution in [0, 0.1) is 5.82 Å². The number of rotatable bonds is 1. The normalized spacial score (nSPS) is 26.2. The summed E-state index contributed by atoms with van der Waals surface area (Å²) in [6.07, 6.45) is 3.26. The zero-order valence-electron chi connectivity index (χ0n) is 12.2. The van der Waals surface area contributed by atoms with Crippen molar-refractivity contribution in [2.45, 2.75) is 42.7 Å². The van der Waals surface area contributed by atoms with Gasteiger partial charge < -0.3 is 15.2 Å². The highest BCUT2D eigenvalue weighted by atomic mass is 35.5. The van der Waals surface area contributed by atoms with Crippen molar-refractivity contribution < 1.29 is 14.2 Å². The molecular formula is C14H14ClFN4O2S. The van der Waals surface area contributed by atoms with Crippen molar-refractivity contribution in [1.82, 2.24) is 15.0 Å². The molecule has 2 N–H and O–H groups in total. The van der Waals surface area contributed by atoms with Crippen LogP contribution in [0.1, 0.15) is 19.3 Å². The number of aliphatic hydroxyl groups is 1. The van der Waals surface area contributed by atoms with Crippen LogP contribution in [0.3, 0.4) is 0 Å². The summed E-state index contributed by atoms with van der Waals surface area (Å²) in [4.78, 5) is 12.6. The van der Waals surface area contributed by atoms with E-state index in [2.05, 4.69) is 20.3 Å². The first kappa shape index (κ1) is 15.2. The van der Waals surface area contributed by atoms with Crippen LogP contribution in [0.4, 0.5) is 10.2 Å². The van der Waals surface area contributed by atoms with E-state index in [1.807, 2.05) is 0 Å². The van der Waals surface area contributed by atoms with Crippen LogP contribution >= 0.6 is 23.4 Å². The lowest BCUT2D eigenvalue weighted by Gasteiger charge is -2.34. The standard InChI is InChI=1S/C14H14ClFN4O2S/c1-23-14-18-10-7-12(20-14)17-9-5(21)3-2-4-6(9)22-13(7)19-11(15)8(10)16/h5-6,9,21H,2-4H2,1H3,(H,17,18,20)/t5-,6+,9+/m0/s1. The molecule has 0 spiro atoms. The quantitative estimate of drug-likeness (QED) is 0.462. The van der Waals surface area contributed by atoms with Gasteiger partial charge in [0.2, 0.25) is 5.88 Å². The van der Waals surface area contributed by atoms with Crippen molar-refractivity contribution in [3.05, 3.63) is 11.0 Å². The maximum absolute atomic E-state index is 14.4. The Labute approximate surface area is 140 Å². The van der Waals surface area contributed by atoms with Gasteiger partial charge in [0, 0.05) is 0 Å². The highest BCUT2D eigenvalue weighted by Gasteiger charge is 2.38. The average Bonchev–Trinajstić information content (AvgIpc) is 2.70. The summed E-state index contributed by atoms with van der Waals surface area (Å²) < 4.78 is 20.3. The van der Waals surface area contributed by atoms with Crippen LogP contribution in [0.2, 0.25) is 5.15 Å². The summed E-state index contributed by atoms with van der Waals surface area (Å²) >= 11 is 7.20. The molecule has 1 aliphatic carbocycles. The number of anilines is 1. The zero-order chi connectivity index (χ0) is 16.1. The SMILES string of the molecule is CSc1nc2c3c(nc(Cl)c(F)c3n1)O[C@@H]1CCC[C@H](O)[C@H]1N2. The van der Waals surface area contributed by atoms with Gasteiger partial charge in [-0.25, -0.2) is 14.4 Å². The monoisotopic (exact) mass is 356 g/mol. The molecule has 0 unspecified atom stereocenters. The van der Waals surface area contributed by atoms with Gasteiger partial charge in [0.25, 0.3) is 0 Å². The first-order valence-corrected chi connectivity index (χ1v) is 8.90. The molecule has 0 aromatic carbocycles. The van der Waals surface area contributed by atoms with Gasteiger partial charge in [-0.2, -0.15) is 4.98 Å². The minimum atomic E-state index is -0.694. The Bertz CT molecular complexity index is 793. The van der Waals surface area contributed by atoms with Crippen molar-refractivity contribution in [2.75, 3.05) is 11.6 Å². The van der Waals surface area contributed by atoms with Crippen LogP contribution in [0.15, 0.2) is 5.16 Å². The predicted molar refractivity (Wildman–Crippen MR) is 85.8 cm³/mol. The summed E-state index contributed by atoms with van der Waals surface area (Å²) in [7, 11) is 0. The van der Waals surface area contributed by atoms with Crippen LogP contribution in [-0.2, 0) is 0 Å². The summed E-state index contributed by atoms with van der Waals surface area (Å²) in [5.41, 5.74) is 0.0787. The van der Waals surface area contributed by atoms with Gasteiger partial charge in [0.15, 0.2) is 16.1 Å². The van der Waals surface area contributed by atoms with E-state index >= 15 is 0 Å². The lowest BCUT2D eigenvalue weighted by Crippen LogP contribution is -2.48. The fourth-order valence-corrected chi connectivity index (χ4v) is 3.66. The molecule has 3 atom stereocenters. The maximum atomic E-state index is 14.4. The fourth-order valence-electron chi connectivity index (χ4n) is 3.13. The minimum Gasteiger partial charge on any atom is -0.471 e. The smallest absolute Gasteiger partial charge is 0.228 e. The van der Waals surface area contributed by atoms with E-state index in [0.29, 0.717) is 22.8 Å². The number of hydrogen-bond acceptors (Lipinski definition) is 7. The van der Waals surface area contributed by atoms with Crippen molar-refractivity contribution in [1.29, 1.82) is 0 Å². The molecule has 0 radical (unpaired) electrons. The predicted octanol–water partition coefficient (Wildman–Crippen LogP) is 2.63. The van der Waals surface area contributed by atoms with Crippen molar-refractivity contribution in [2.24, 2.45) is 0 Å². The number of aromatic nitrogens is 3. The van der Waals surface area contributed by atoms with Gasteiger partial charge in [-0.1, -0.05) is 23.4 Å². The molecule has 2 aromatic heterocycles. The van der Waals surface area contributed by atoms with Crippen LogP contribution < -0.4 is 10.1 Å². The van der Waals surface area contributed by atoms with Gasteiger partial charge in [-0.3, -0.25) is 0 Å². The van der Waals surface area contributed by atoms with E-state index in [0.717, 1.165) is 12.8 Å². The Hall–Kier alpha value is -1.38. The number of ether oxygens (including phenoxy) is 1. The molecule has 3 heterocycles.